The van der Waals surface area contributed by atoms with Crippen LogP contribution in [-0.4, -0.2) is 26.1 Å². The van der Waals surface area contributed by atoms with Gasteiger partial charge in [-0.15, -0.1) is 11.3 Å². The second-order valence-electron chi connectivity index (χ2n) is 8.61. The minimum atomic E-state index is -0.669. The molecule has 0 bridgehead atoms. The van der Waals surface area contributed by atoms with Gasteiger partial charge in [0.05, 0.1) is 17.3 Å². The number of hydrogen-bond donors (Lipinski definition) is 0. The highest BCUT2D eigenvalue weighted by Crippen LogP contribution is 2.45. The van der Waals surface area contributed by atoms with E-state index >= 15 is 0 Å². The standard InChI is InChI=1S/C23H21F2N5S/c1-23(17-11-15(24)5-6-18(17)25)8-2-9-29(23)20-7-10-30-21(28-20)16(12-27-30)22-26-13-19(31-22)14-3-4-14/h5-7,10-14H,2-4,8-9H2,1H3/t23-/m1/s1. The van der Waals surface area contributed by atoms with Crippen LogP contribution in [0.4, 0.5) is 14.6 Å². The lowest BCUT2D eigenvalue weighted by Crippen LogP contribution is -2.40. The van der Waals surface area contributed by atoms with Gasteiger partial charge in [0.2, 0.25) is 0 Å². The molecule has 8 heteroatoms. The molecule has 2 fully saturated rings. The van der Waals surface area contributed by atoms with E-state index in [9.17, 15) is 8.78 Å². The Morgan fingerprint density at radius 2 is 2.03 bits per heavy atom. The van der Waals surface area contributed by atoms with E-state index in [4.69, 9.17) is 4.98 Å². The normalized spacial score (nSPS) is 21.3. The Morgan fingerprint density at radius 3 is 2.87 bits per heavy atom. The van der Waals surface area contributed by atoms with Gasteiger partial charge in [0, 0.05) is 29.4 Å². The third kappa shape index (κ3) is 3.04. The predicted molar refractivity (Wildman–Crippen MR) is 116 cm³/mol. The van der Waals surface area contributed by atoms with E-state index in [2.05, 4.69) is 15.0 Å². The maximum atomic E-state index is 14.7. The second kappa shape index (κ2) is 6.82. The highest BCUT2D eigenvalue weighted by molar-refractivity contribution is 7.15. The zero-order valence-corrected chi connectivity index (χ0v) is 17.9. The summed E-state index contributed by atoms with van der Waals surface area (Å²) >= 11 is 1.71. The molecule has 158 valence electrons. The summed E-state index contributed by atoms with van der Waals surface area (Å²) in [5.41, 5.74) is 1.33. The third-order valence-corrected chi connectivity index (χ3v) is 7.71. The van der Waals surface area contributed by atoms with Gasteiger partial charge in [0.25, 0.3) is 0 Å². The van der Waals surface area contributed by atoms with Crippen molar-refractivity contribution >= 4 is 22.8 Å². The molecule has 1 aliphatic heterocycles. The number of hydrogen-bond acceptors (Lipinski definition) is 5. The zero-order chi connectivity index (χ0) is 21.2. The molecule has 1 atom stereocenters. The SMILES string of the molecule is C[C@]1(c2cc(F)ccc2F)CCCN1c1ccn2ncc(-c3ncc(C4CC4)s3)c2n1. The average Bonchev–Trinajstić information content (AvgIpc) is 3.17. The molecule has 0 unspecified atom stereocenters. The van der Waals surface area contributed by atoms with Crippen LogP contribution in [0.2, 0.25) is 0 Å². The maximum absolute atomic E-state index is 14.7. The van der Waals surface area contributed by atoms with Crippen molar-refractivity contribution in [3.05, 3.63) is 64.9 Å². The summed E-state index contributed by atoms with van der Waals surface area (Å²) in [4.78, 5) is 12.9. The lowest BCUT2D eigenvalue weighted by molar-refractivity contribution is 0.451. The first kappa shape index (κ1) is 18.9. The van der Waals surface area contributed by atoms with Crippen LogP contribution in [-0.2, 0) is 5.54 Å². The van der Waals surface area contributed by atoms with Crippen LogP contribution < -0.4 is 4.90 Å². The Hall–Kier alpha value is -2.87. The molecule has 6 rings (SSSR count). The first-order chi connectivity index (χ1) is 15.0. The van der Waals surface area contributed by atoms with Gasteiger partial charge in [-0.05, 0) is 62.8 Å². The summed E-state index contributed by atoms with van der Waals surface area (Å²) < 4.78 is 30.4. The molecule has 2 aliphatic rings. The number of halogens is 2. The summed E-state index contributed by atoms with van der Waals surface area (Å²) in [6.07, 6.45) is 9.72. The third-order valence-electron chi connectivity index (χ3n) is 6.51. The fraction of sp³-hybridized carbons (Fsp3) is 0.348. The molecule has 1 aromatic carbocycles. The molecule has 0 amide bonds. The highest BCUT2D eigenvalue weighted by Gasteiger charge is 2.41. The van der Waals surface area contributed by atoms with E-state index in [0.29, 0.717) is 11.5 Å². The molecule has 4 aromatic rings. The molecular formula is C23H21F2N5S. The van der Waals surface area contributed by atoms with Crippen LogP contribution in [0.15, 0.2) is 42.9 Å². The number of anilines is 1. The van der Waals surface area contributed by atoms with Crippen molar-refractivity contribution < 1.29 is 8.78 Å². The van der Waals surface area contributed by atoms with Crippen LogP contribution in [0.1, 0.15) is 49.0 Å². The largest absolute Gasteiger partial charge is 0.347 e. The van der Waals surface area contributed by atoms with Crippen molar-refractivity contribution in [3.63, 3.8) is 0 Å². The highest BCUT2D eigenvalue weighted by atomic mass is 32.1. The minimum absolute atomic E-state index is 0.370. The minimum Gasteiger partial charge on any atom is -0.347 e. The van der Waals surface area contributed by atoms with Crippen molar-refractivity contribution in [1.82, 2.24) is 19.6 Å². The van der Waals surface area contributed by atoms with Crippen molar-refractivity contribution in [2.24, 2.45) is 0 Å². The van der Waals surface area contributed by atoms with Crippen molar-refractivity contribution in [2.45, 2.75) is 44.1 Å². The van der Waals surface area contributed by atoms with Crippen LogP contribution >= 0.6 is 11.3 Å². The number of rotatable bonds is 4. The molecule has 31 heavy (non-hydrogen) atoms. The van der Waals surface area contributed by atoms with Crippen molar-refractivity contribution in [2.75, 3.05) is 11.4 Å². The predicted octanol–water partition coefficient (Wildman–Crippen LogP) is 5.52. The first-order valence-corrected chi connectivity index (χ1v) is 11.4. The smallest absolute Gasteiger partial charge is 0.167 e. The fourth-order valence-electron chi connectivity index (χ4n) is 4.65. The number of nitrogens with zero attached hydrogens (tertiary/aromatic N) is 5. The molecule has 1 saturated carbocycles. The summed E-state index contributed by atoms with van der Waals surface area (Å²) in [5.74, 6) is 0.568. The number of thiazole rings is 1. The van der Waals surface area contributed by atoms with E-state index in [1.54, 1.807) is 22.0 Å². The lowest BCUT2D eigenvalue weighted by Gasteiger charge is -2.37. The van der Waals surface area contributed by atoms with Gasteiger partial charge in [0.15, 0.2) is 5.65 Å². The molecule has 4 heterocycles. The number of aromatic nitrogens is 4. The van der Waals surface area contributed by atoms with Crippen LogP contribution in [0.5, 0.6) is 0 Å². The van der Waals surface area contributed by atoms with Gasteiger partial charge in [-0.1, -0.05) is 0 Å². The Labute approximate surface area is 182 Å². The van der Waals surface area contributed by atoms with E-state index < -0.39 is 17.2 Å². The van der Waals surface area contributed by atoms with Gasteiger partial charge in [-0.25, -0.2) is 23.3 Å². The Kier molecular flexibility index (Phi) is 4.15. The molecule has 3 aromatic heterocycles. The summed E-state index contributed by atoms with van der Waals surface area (Å²) in [6.45, 7) is 2.69. The van der Waals surface area contributed by atoms with Gasteiger partial charge in [-0.2, -0.15) is 5.10 Å². The van der Waals surface area contributed by atoms with Gasteiger partial charge < -0.3 is 4.90 Å². The Bertz CT molecular complexity index is 1290. The van der Waals surface area contributed by atoms with E-state index in [0.717, 1.165) is 47.5 Å². The van der Waals surface area contributed by atoms with Gasteiger partial charge >= 0.3 is 0 Å². The van der Waals surface area contributed by atoms with Crippen LogP contribution in [0.25, 0.3) is 16.2 Å². The molecule has 1 saturated heterocycles. The van der Waals surface area contributed by atoms with Crippen molar-refractivity contribution in [1.29, 1.82) is 0 Å². The monoisotopic (exact) mass is 437 g/mol. The van der Waals surface area contributed by atoms with Gasteiger partial charge in [-0.3, -0.25) is 0 Å². The zero-order valence-electron chi connectivity index (χ0n) is 17.1. The lowest BCUT2D eigenvalue weighted by atomic mass is 9.88. The van der Waals surface area contributed by atoms with E-state index in [1.807, 2.05) is 25.4 Å². The molecule has 0 radical (unpaired) electrons. The molecule has 0 N–H and O–H groups in total. The van der Waals surface area contributed by atoms with E-state index in [-0.39, 0.29) is 0 Å². The maximum Gasteiger partial charge on any atom is 0.167 e. The second-order valence-corrected chi connectivity index (χ2v) is 9.67. The topological polar surface area (TPSA) is 46.3 Å². The average molecular weight is 438 g/mol. The summed E-state index contributed by atoms with van der Waals surface area (Å²) in [6, 6.07) is 5.57. The van der Waals surface area contributed by atoms with Crippen LogP contribution in [0, 0.1) is 11.6 Å². The number of benzene rings is 1. The molecular weight excluding hydrogens is 416 g/mol. The van der Waals surface area contributed by atoms with Gasteiger partial charge in [0.1, 0.15) is 22.5 Å². The van der Waals surface area contributed by atoms with Crippen LogP contribution in [0.3, 0.4) is 0 Å². The molecule has 5 nitrogen and oxygen atoms in total. The quantitative estimate of drug-likeness (QED) is 0.422. The number of fused-ring (bicyclic) bond motifs is 1. The Morgan fingerprint density at radius 1 is 1.16 bits per heavy atom. The first-order valence-electron chi connectivity index (χ1n) is 10.6. The van der Waals surface area contributed by atoms with Crippen molar-refractivity contribution in [3.8, 4) is 10.6 Å². The summed E-state index contributed by atoms with van der Waals surface area (Å²) in [7, 11) is 0. The fourth-order valence-corrected chi connectivity index (χ4v) is 5.74. The Balaban J connectivity index is 1.43. The molecule has 0 spiro atoms. The van der Waals surface area contributed by atoms with E-state index in [1.165, 1.54) is 29.9 Å². The summed E-state index contributed by atoms with van der Waals surface area (Å²) in [5, 5.41) is 5.36. The molecule has 1 aliphatic carbocycles.